The molecule has 0 radical (unpaired) electrons. The third-order valence-electron chi connectivity index (χ3n) is 2.05. The molecule has 0 amide bonds. The van der Waals surface area contributed by atoms with E-state index in [9.17, 15) is 4.79 Å². The fraction of sp³-hybridized carbons (Fsp3) is 0.100. The smallest absolute Gasteiger partial charge is 0.352 e. The molecule has 0 aromatic carbocycles. The van der Waals surface area contributed by atoms with Crippen LogP contribution >= 0.6 is 22.9 Å². The van der Waals surface area contributed by atoms with E-state index in [1.54, 1.807) is 22.9 Å². The molecule has 78 valence electrons. The molecule has 0 aliphatic rings. The molecule has 0 saturated heterocycles. The third kappa shape index (κ3) is 2.06. The minimum Gasteiger partial charge on any atom is -0.477 e. The molecule has 0 aliphatic heterocycles. The van der Waals surface area contributed by atoms with Gasteiger partial charge in [-0.25, -0.2) is 4.79 Å². The van der Waals surface area contributed by atoms with E-state index in [0.717, 1.165) is 4.88 Å². The Balaban J connectivity index is 2.28. The standard InChI is InChI=1S/C10H8ClNO2S/c11-7-3-5-15-9(7)6-12-4-1-2-8(12)10(13)14/h1-5H,6H2,(H,13,14). The van der Waals surface area contributed by atoms with Crippen molar-refractivity contribution in [1.29, 1.82) is 0 Å². The number of halogens is 1. The highest BCUT2D eigenvalue weighted by atomic mass is 35.5. The molecule has 0 unspecified atom stereocenters. The molecule has 0 aliphatic carbocycles. The second kappa shape index (κ2) is 4.08. The number of aromatic nitrogens is 1. The van der Waals surface area contributed by atoms with Crippen LogP contribution in [0.5, 0.6) is 0 Å². The number of carboxylic acid groups (broad SMARTS) is 1. The van der Waals surface area contributed by atoms with Crippen molar-refractivity contribution in [2.45, 2.75) is 6.54 Å². The zero-order valence-corrected chi connectivity index (χ0v) is 9.26. The molecule has 1 N–H and O–H groups in total. The van der Waals surface area contributed by atoms with Crippen molar-refractivity contribution in [2.75, 3.05) is 0 Å². The summed E-state index contributed by atoms with van der Waals surface area (Å²) in [6.07, 6.45) is 1.74. The summed E-state index contributed by atoms with van der Waals surface area (Å²) >= 11 is 7.46. The topological polar surface area (TPSA) is 42.2 Å². The summed E-state index contributed by atoms with van der Waals surface area (Å²) in [6, 6.07) is 5.10. The van der Waals surface area contributed by atoms with Crippen molar-refractivity contribution in [2.24, 2.45) is 0 Å². The van der Waals surface area contributed by atoms with Gasteiger partial charge < -0.3 is 9.67 Å². The van der Waals surface area contributed by atoms with Gasteiger partial charge in [-0.05, 0) is 23.6 Å². The number of thiophene rings is 1. The van der Waals surface area contributed by atoms with Gasteiger partial charge in [0.05, 0.1) is 11.6 Å². The first-order chi connectivity index (χ1) is 7.18. The fourth-order valence-electron chi connectivity index (χ4n) is 1.34. The monoisotopic (exact) mass is 241 g/mol. The predicted molar refractivity (Wildman–Crippen MR) is 59.8 cm³/mol. The zero-order chi connectivity index (χ0) is 10.8. The molecular formula is C10H8ClNO2S. The van der Waals surface area contributed by atoms with Gasteiger partial charge in [0.15, 0.2) is 0 Å². The zero-order valence-electron chi connectivity index (χ0n) is 7.68. The minimum absolute atomic E-state index is 0.277. The lowest BCUT2D eigenvalue weighted by Gasteiger charge is -2.04. The second-order valence-corrected chi connectivity index (χ2v) is 4.43. The van der Waals surface area contributed by atoms with Gasteiger partial charge in [0.2, 0.25) is 0 Å². The van der Waals surface area contributed by atoms with Gasteiger partial charge in [0, 0.05) is 11.1 Å². The van der Waals surface area contributed by atoms with E-state index in [2.05, 4.69) is 0 Å². The van der Waals surface area contributed by atoms with Gasteiger partial charge in [0.25, 0.3) is 0 Å². The average molecular weight is 242 g/mol. The molecule has 3 nitrogen and oxygen atoms in total. The van der Waals surface area contributed by atoms with E-state index in [1.807, 2.05) is 11.4 Å². The summed E-state index contributed by atoms with van der Waals surface area (Å²) in [5, 5.41) is 11.5. The van der Waals surface area contributed by atoms with E-state index in [0.29, 0.717) is 11.6 Å². The Labute approximate surface area is 95.5 Å². The Morgan fingerprint density at radius 3 is 2.93 bits per heavy atom. The first-order valence-corrected chi connectivity index (χ1v) is 5.54. The van der Waals surface area contributed by atoms with Crippen LogP contribution in [-0.2, 0) is 6.54 Å². The van der Waals surface area contributed by atoms with Gasteiger partial charge >= 0.3 is 5.97 Å². The van der Waals surface area contributed by atoms with Crippen LogP contribution in [0.15, 0.2) is 29.8 Å². The van der Waals surface area contributed by atoms with Crippen LogP contribution in [0.4, 0.5) is 0 Å². The summed E-state index contributed by atoms with van der Waals surface area (Å²) in [6.45, 7) is 0.505. The van der Waals surface area contributed by atoms with E-state index >= 15 is 0 Å². The predicted octanol–water partition coefficient (Wildman–Crippen LogP) is 2.95. The van der Waals surface area contributed by atoms with Crippen LogP contribution in [0, 0.1) is 0 Å². The summed E-state index contributed by atoms with van der Waals surface area (Å²) in [5.74, 6) is -0.923. The van der Waals surface area contributed by atoms with Crippen LogP contribution in [-0.4, -0.2) is 15.6 Å². The lowest BCUT2D eigenvalue weighted by atomic mass is 10.4. The summed E-state index contributed by atoms with van der Waals surface area (Å²) in [5.41, 5.74) is 0.277. The number of hydrogen-bond donors (Lipinski definition) is 1. The van der Waals surface area contributed by atoms with Gasteiger partial charge in [0.1, 0.15) is 5.69 Å². The quantitative estimate of drug-likeness (QED) is 0.898. The van der Waals surface area contributed by atoms with Crippen LogP contribution < -0.4 is 0 Å². The summed E-state index contributed by atoms with van der Waals surface area (Å²) in [4.78, 5) is 11.8. The highest BCUT2D eigenvalue weighted by Crippen LogP contribution is 2.23. The molecular weight excluding hydrogens is 234 g/mol. The molecule has 5 heteroatoms. The largest absolute Gasteiger partial charge is 0.477 e. The van der Waals surface area contributed by atoms with Gasteiger partial charge in [-0.15, -0.1) is 11.3 Å². The minimum atomic E-state index is -0.923. The Bertz CT molecular complexity index is 489. The maximum absolute atomic E-state index is 10.8. The SMILES string of the molecule is O=C(O)c1cccn1Cc1sccc1Cl. The normalized spacial score (nSPS) is 10.5. The number of carboxylic acids is 1. The molecule has 0 atom stereocenters. The lowest BCUT2D eigenvalue weighted by molar-refractivity contribution is 0.0686. The number of hydrogen-bond acceptors (Lipinski definition) is 2. The van der Waals surface area contributed by atoms with E-state index in [4.69, 9.17) is 16.7 Å². The number of nitrogens with zero attached hydrogens (tertiary/aromatic N) is 1. The summed E-state index contributed by atoms with van der Waals surface area (Å²) < 4.78 is 1.67. The molecule has 2 rings (SSSR count). The molecule has 15 heavy (non-hydrogen) atoms. The molecule has 2 aromatic rings. The Morgan fingerprint density at radius 1 is 1.53 bits per heavy atom. The molecule has 0 bridgehead atoms. The highest BCUT2D eigenvalue weighted by molar-refractivity contribution is 7.10. The van der Waals surface area contributed by atoms with Gasteiger partial charge in [-0.3, -0.25) is 0 Å². The van der Waals surface area contributed by atoms with Crippen molar-refractivity contribution in [3.8, 4) is 0 Å². The Hall–Kier alpha value is -1.26. The number of rotatable bonds is 3. The fourth-order valence-corrected chi connectivity index (χ4v) is 2.43. The molecule has 2 heterocycles. The van der Waals surface area contributed by atoms with Crippen molar-refractivity contribution >= 4 is 28.9 Å². The molecule has 0 spiro atoms. The highest BCUT2D eigenvalue weighted by Gasteiger charge is 2.10. The maximum atomic E-state index is 10.8. The number of aromatic carboxylic acids is 1. The first kappa shape index (κ1) is 10.3. The van der Waals surface area contributed by atoms with Crippen molar-refractivity contribution < 1.29 is 9.90 Å². The van der Waals surface area contributed by atoms with Crippen LogP contribution in [0.25, 0.3) is 0 Å². The first-order valence-electron chi connectivity index (χ1n) is 4.29. The average Bonchev–Trinajstić information content (AvgIpc) is 2.77. The van der Waals surface area contributed by atoms with Gasteiger partial charge in [-0.1, -0.05) is 11.6 Å². The lowest BCUT2D eigenvalue weighted by Crippen LogP contribution is -2.07. The molecule has 2 aromatic heterocycles. The Kier molecular flexibility index (Phi) is 2.79. The van der Waals surface area contributed by atoms with Crippen LogP contribution in [0.2, 0.25) is 5.02 Å². The van der Waals surface area contributed by atoms with Gasteiger partial charge in [-0.2, -0.15) is 0 Å². The van der Waals surface area contributed by atoms with Crippen molar-refractivity contribution in [3.63, 3.8) is 0 Å². The summed E-state index contributed by atoms with van der Waals surface area (Å²) in [7, 11) is 0. The van der Waals surface area contributed by atoms with Crippen LogP contribution in [0.1, 0.15) is 15.4 Å². The maximum Gasteiger partial charge on any atom is 0.352 e. The second-order valence-electron chi connectivity index (χ2n) is 3.02. The van der Waals surface area contributed by atoms with E-state index < -0.39 is 5.97 Å². The number of carbonyl (C=O) groups is 1. The van der Waals surface area contributed by atoms with E-state index in [-0.39, 0.29) is 5.69 Å². The third-order valence-corrected chi connectivity index (χ3v) is 3.43. The Morgan fingerprint density at radius 2 is 2.33 bits per heavy atom. The van der Waals surface area contributed by atoms with Crippen LogP contribution in [0.3, 0.4) is 0 Å². The van der Waals surface area contributed by atoms with Crippen molar-refractivity contribution in [3.05, 3.63) is 45.4 Å². The molecule has 0 saturated carbocycles. The molecule has 0 fully saturated rings. The van der Waals surface area contributed by atoms with Crippen molar-refractivity contribution in [1.82, 2.24) is 4.57 Å². The van der Waals surface area contributed by atoms with E-state index in [1.165, 1.54) is 11.3 Å².